The van der Waals surface area contributed by atoms with Crippen molar-refractivity contribution >= 4 is 15.9 Å². The van der Waals surface area contributed by atoms with Gasteiger partial charge in [0.15, 0.2) is 0 Å². The molecular weight excluding hydrogens is 440 g/mol. The average Bonchev–Trinajstić information content (AvgIpc) is 2.88. The third kappa shape index (κ3) is 5.08. The smallest absolute Gasteiger partial charge is 0.243 e. The molecule has 1 amide bonds. The van der Waals surface area contributed by atoms with E-state index in [1.165, 1.54) is 4.31 Å². The Hall–Kier alpha value is -2.42. The van der Waals surface area contributed by atoms with Gasteiger partial charge in [0.2, 0.25) is 15.9 Å². The first-order valence-corrected chi connectivity index (χ1v) is 13.0. The number of hydrogen-bond donors (Lipinski definition) is 1. The van der Waals surface area contributed by atoms with Crippen LogP contribution >= 0.6 is 0 Å². The summed E-state index contributed by atoms with van der Waals surface area (Å²) >= 11 is 0. The van der Waals surface area contributed by atoms with Gasteiger partial charge in [-0.2, -0.15) is 4.31 Å². The summed E-state index contributed by atoms with van der Waals surface area (Å²) in [5, 5.41) is 3.11. The van der Waals surface area contributed by atoms with Gasteiger partial charge in [-0.1, -0.05) is 43.5 Å². The lowest BCUT2D eigenvalue weighted by Gasteiger charge is -2.36. The quantitative estimate of drug-likeness (QED) is 0.669. The van der Waals surface area contributed by atoms with Gasteiger partial charge in [0.25, 0.3) is 0 Å². The number of nitrogens with zero attached hydrogens (tertiary/aromatic N) is 1. The number of amides is 1. The largest absolute Gasteiger partial charge is 0.497 e. The van der Waals surface area contributed by atoms with Crippen molar-refractivity contribution < 1.29 is 22.7 Å². The lowest BCUT2D eigenvalue weighted by atomic mass is 9.68. The summed E-state index contributed by atoms with van der Waals surface area (Å²) < 4.78 is 37.6. The zero-order valence-electron chi connectivity index (χ0n) is 19.1. The molecule has 0 radical (unpaired) electrons. The van der Waals surface area contributed by atoms with Gasteiger partial charge in [-0.25, -0.2) is 8.42 Å². The van der Waals surface area contributed by atoms with Crippen LogP contribution in [0.5, 0.6) is 5.75 Å². The van der Waals surface area contributed by atoms with Crippen molar-refractivity contribution in [2.75, 3.05) is 33.4 Å². The monoisotopic (exact) mass is 472 g/mol. The normalized spacial score (nSPS) is 19.1. The van der Waals surface area contributed by atoms with Gasteiger partial charge in [-0.05, 0) is 48.2 Å². The SMILES string of the molecule is COc1ccc(C2(C(=O)NCc3ccc(S(=O)(=O)N4CCOCC4)cc3)CCCCC2)cc1. The molecule has 8 heteroatoms. The first-order valence-electron chi connectivity index (χ1n) is 11.6. The number of sulfonamides is 1. The lowest BCUT2D eigenvalue weighted by molar-refractivity contribution is -0.128. The minimum absolute atomic E-state index is 0.0254. The van der Waals surface area contributed by atoms with Crippen molar-refractivity contribution in [2.45, 2.75) is 49.0 Å². The molecule has 0 bridgehead atoms. The van der Waals surface area contributed by atoms with Gasteiger partial charge < -0.3 is 14.8 Å². The Morgan fingerprint density at radius 1 is 1.00 bits per heavy atom. The Kier molecular flexibility index (Phi) is 7.36. The molecule has 4 rings (SSSR count). The second-order valence-electron chi connectivity index (χ2n) is 8.71. The molecule has 1 N–H and O–H groups in total. The van der Waals surface area contributed by atoms with Crippen LogP contribution in [0, 0.1) is 0 Å². The second-order valence-corrected chi connectivity index (χ2v) is 10.7. The molecule has 0 aromatic heterocycles. The number of carbonyl (C=O) groups is 1. The number of morpholine rings is 1. The van der Waals surface area contributed by atoms with Crippen molar-refractivity contribution in [3.05, 3.63) is 59.7 Å². The highest BCUT2D eigenvalue weighted by Crippen LogP contribution is 2.40. The maximum absolute atomic E-state index is 13.4. The summed E-state index contributed by atoms with van der Waals surface area (Å²) in [6.07, 6.45) is 4.83. The molecule has 1 saturated carbocycles. The predicted molar refractivity (Wildman–Crippen MR) is 126 cm³/mol. The summed E-state index contributed by atoms with van der Waals surface area (Å²) in [5.74, 6) is 0.801. The number of hydrogen-bond acceptors (Lipinski definition) is 5. The highest BCUT2D eigenvalue weighted by Gasteiger charge is 2.41. The van der Waals surface area contributed by atoms with Crippen LogP contribution in [-0.4, -0.2) is 52.0 Å². The van der Waals surface area contributed by atoms with Crippen LogP contribution in [0.15, 0.2) is 53.4 Å². The molecule has 0 atom stereocenters. The predicted octanol–water partition coefficient (Wildman–Crippen LogP) is 3.23. The van der Waals surface area contributed by atoms with Gasteiger partial charge >= 0.3 is 0 Å². The molecule has 1 aliphatic heterocycles. The third-order valence-electron chi connectivity index (χ3n) is 6.77. The Morgan fingerprint density at radius 3 is 2.24 bits per heavy atom. The molecule has 0 unspecified atom stereocenters. The third-order valence-corrected chi connectivity index (χ3v) is 8.68. The fourth-order valence-electron chi connectivity index (χ4n) is 4.78. The maximum Gasteiger partial charge on any atom is 0.243 e. The van der Waals surface area contributed by atoms with E-state index in [2.05, 4.69) is 5.32 Å². The highest BCUT2D eigenvalue weighted by atomic mass is 32.2. The molecule has 7 nitrogen and oxygen atoms in total. The molecule has 2 aromatic carbocycles. The summed E-state index contributed by atoms with van der Waals surface area (Å²) in [5.41, 5.74) is 1.35. The highest BCUT2D eigenvalue weighted by molar-refractivity contribution is 7.89. The van der Waals surface area contributed by atoms with E-state index in [-0.39, 0.29) is 10.8 Å². The van der Waals surface area contributed by atoms with Crippen molar-refractivity contribution in [2.24, 2.45) is 0 Å². The van der Waals surface area contributed by atoms with Crippen LogP contribution in [0.3, 0.4) is 0 Å². The Morgan fingerprint density at radius 2 is 1.64 bits per heavy atom. The van der Waals surface area contributed by atoms with E-state index in [9.17, 15) is 13.2 Å². The fourth-order valence-corrected chi connectivity index (χ4v) is 6.19. The number of benzene rings is 2. The molecule has 1 aliphatic carbocycles. The van der Waals surface area contributed by atoms with Crippen LogP contribution in [-0.2, 0) is 31.5 Å². The van der Waals surface area contributed by atoms with Crippen LogP contribution in [0.25, 0.3) is 0 Å². The number of methoxy groups -OCH3 is 1. The molecule has 2 aromatic rings. The van der Waals surface area contributed by atoms with Crippen LogP contribution in [0.1, 0.15) is 43.2 Å². The number of ether oxygens (including phenoxy) is 2. The van der Waals surface area contributed by atoms with E-state index in [0.717, 1.165) is 49.0 Å². The lowest BCUT2D eigenvalue weighted by Crippen LogP contribution is -2.45. The van der Waals surface area contributed by atoms with Gasteiger partial charge in [-0.3, -0.25) is 4.79 Å². The standard InChI is InChI=1S/C25H32N2O5S/c1-31-22-9-7-21(8-10-22)25(13-3-2-4-14-25)24(28)26-19-20-5-11-23(12-6-20)33(29,30)27-15-17-32-18-16-27/h5-12H,2-4,13-19H2,1H3,(H,26,28). The van der Waals surface area contributed by atoms with E-state index in [1.54, 1.807) is 31.4 Å². The van der Waals surface area contributed by atoms with Gasteiger partial charge in [0.05, 0.1) is 30.6 Å². The average molecular weight is 473 g/mol. The Labute approximate surface area is 196 Å². The number of carbonyl (C=O) groups excluding carboxylic acids is 1. The van der Waals surface area contributed by atoms with Gasteiger partial charge in [-0.15, -0.1) is 0 Å². The van der Waals surface area contributed by atoms with E-state index < -0.39 is 15.4 Å². The molecule has 178 valence electrons. The molecule has 1 saturated heterocycles. The molecule has 1 heterocycles. The first-order chi connectivity index (χ1) is 16.0. The molecule has 33 heavy (non-hydrogen) atoms. The van der Waals surface area contributed by atoms with Crippen molar-refractivity contribution in [1.82, 2.24) is 9.62 Å². The summed E-state index contributed by atoms with van der Waals surface area (Å²) in [6.45, 7) is 1.92. The summed E-state index contributed by atoms with van der Waals surface area (Å²) in [6, 6.07) is 14.6. The van der Waals surface area contributed by atoms with Crippen molar-refractivity contribution in [1.29, 1.82) is 0 Å². The van der Waals surface area contributed by atoms with Gasteiger partial charge in [0, 0.05) is 19.6 Å². The number of nitrogens with one attached hydrogen (secondary N) is 1. The summed E-state index contributed by atoms with van der Waals surface area (Å²) in [7, 11) is -1.89. The Bertz CT molecular complexity index is 1040. The minimum atomic E-state index is -3.52. The first kappa shape index (κ1) is 23.7. The van der Waals surface area contributed by atoms with Crippen molar-refractivity contribution in [3.63, 3.8) is 0 Å². The second kappa shape index (κ2) is 10.2. The molecular formula is C25H32N2O5S. The molecule has 2 fully saturated rings. The van der Waals surface area contributed by atoms with E-state index in [4.69, 9.17) is 9.47 Å². The van der Waals surface area contributed by atoms with E-state index in [1.807, 2.05) is 24.3 Å². The topological polar surface area (TPSA) is 84.9 Å². The van der Waals surface area contributed by atoms with E-state index >= 15 is 0 Å². The summed E-state index contributed by atoms with van der Waals surface area (Å²) in [4.78, 5) is 13.7. The van der Waals surface area contributed by atoms with Crippen LogP contribution < -0.4 is 10.1 Å². The van der Waals surface area contributed by atoms with Crippen LogP contribution in [0.4, 0.5) is 0 Å². The maximum atomic E-state index is 13.4. The zero-order valence-corrected chi connectivity index (χ0v) is 19.9. The minimum Gasteiger partial charge on any atom is -0.497 e. The molecule has 2 aliphatic rings. The Balaban J connectivity index is 1.45. The fraction of sp³-hybridized carbons (Fsp3) is 0.480. The van der Waals surface area contributed by atoms with Crippen LogP contribution in [0.2, 0.25) is 0 Å². The van der Waals surface area contributed by atoms with Crippen molar-refractivity contribution in [3.8, 4) is 5.75 Å². The zero-order chi connectivity index (χ0) is 23.3. The molecule has 0 spiro atoms. The van der Waals surface area contributed by atoms with Gasteiger partial charge in [0.1, 0.15) is 5.75 Å². The van der Waals surface area contributed by atoms with E-state index in [0.29, 0.717) is 32.8 Å². The number of rotatable bonds is 7.